The Morgan fingerprint density at radius 1 is 0.933 bits per heavy atom. The number of fused-ring (bicyclic) bond motifs is 1. The van der Waals surface area contributed by atoms with Crippen LogP contribution >= 0.6 is 0 Å². The molecule has 30 heavy (non-hydrogen) atoms. The Morgan fingerprint density at radius 3 is 2.57 bits per heavy atom. The van der Waals surface area contributed by atoms with Gasteiger partial charge in [-0.1, -0.05) is 6.07 Å². The summed E-state index contributed by atoms with van der Waals surface area (Å²) in [6.07, 6.45) is 5.79. The van der Waals surface area contributed by atoms with Gasteiger partial charge in [-0.05, 0) is 36.4 Å². The van der Waals surface area contributed by atoms with Crippen LogP contribution < -0.4 is 9.64 Å². The molecule has 1 fully saturated rings. The molecule has 1 aromatic carbocycles. The van der Waals surface area contributed by atoms with Crippen LogP contribution in [0.5, 0.6) is 11.6 Å². The number of nitrogens with zero attached hydrogens (tertiary/aromatic N) is 6. The number of imidazole rings is 1. The highest BCUT2D eigenvalue weighted by molar-refractivity contribution is 5.39. The van der Waals surface area contributed by atoms with Gasteiger partial charge < -0.3 is 14.0 Å². The first-order valence-electron chi connectivity index (χ1n) is 9.89. The van der Waals surface area contributed by atoms with Gasteiger partial charge in [0.25, 0.3) is 0 Å². The van der Waals surface area contributed by atoms with E-state index in [9.17, 15) is 4.39 Å². The van der Waals surface area contributed by atoms with E-state index in [4.69, 9.17) is 4.74 Å². The Hall–Kier alpha value is -3.52. The maximum absolute atomic E-state index is 13.1. The van der Waals surface area contributed by atoms with Crippen molar-refractivity contribution in [2.45, 2.75) is 6.54 Å². The first-order valence-corrected chi connectivity index (χ1v) is 9.89. The normalized spacial score (nSPS) is 14.9. The van der Waals surface area contributed by atoms with Crippen LogP contribution in [0.25, 0.3) is 5.65 Å². The molecule has 3 aromatic heterocycles. The van der Waals surface area contributed by atoms with Gasteiger partial charge in [-0.3, -0.25) is 4.90 Å². The number of ether oxygens (including phenoxy) is 1. The fourth-order valence-corrected chi connectivity index (χ4v) is 3.56. The summed E-state index contributed by atoms with van der Waals surface area (Å²) in [5, 5.41) is 0. The second kappa shape index (κ2) is 8.08. The highest BCUT2D eigenvalue weighted by atomic mass is 19.1. The van der Waals surface area contributed by atoms with Crippen LogP contribution in [-0.4, -0.2) is 50.4 Å². The van der Waals surface area contributed by atoms with Crippen molar-refractivity contribution >= 4 is 11.6 Å². The van der Waals surface area contributed by atoms with Crippen molar-refractivity contribution in [1.29, 1.82) is 0 Å². The van der Waals surface area contributed by atoms with E-state index in [0.717, 1.165) is 44.1 Å². The Labute approximate surface area is 173 Å². The van der Waals surface area contributed by atoms with Gasteiger partial charge in [-0.2, -0.15) is 4.98 Å². The van der Waals surface area contributed by atoms with E-state index in [-0.39, 0.29) is 5.82 Å². The number of benzene rings is 1. The van der Waals surface area contributed by atoms with Gasteiger partial charge in [0.1, 0.15) is 17.2 Å². The van der Waals surface area contributed by atoms with E-state index >= 15 is 0 Å². The molecule has 1 aliphatic rings. The van der Waals surface area contributed by atoms with Gasteiger partial charge in [-0.25, -0.2) is 14.4 Å². The summed E-state index contributed by atoms with van der Waals surface area (Å²) in [7, 11) is 0. The summed E-state index contributed by atoms with van der Waals surface area (Å²) in [5.74, 6) is 1.33. The Kier molecular flexibility index (Phi) is 4.98. The molecule has 0 spiro atoms. The van der Waals surface area contributed by atoms with E-state index in [1.54, 1.807) is 24.4 Å². The van der Waals surface area contributed by atoms with Crippen LogP contribution in [0.2, 0.25) is 0 Å². The Balaban J connectivity index is 1.20. The lowest BCUT2D eigenvalue weighted by atomic mass is 10.3. The number of halogens is 1. The second-order valence-electron chi connectivity index (χ2n) is 7.21. The number of aromatic nitrogens is 4. The molecule has 0 aliphatic carbocycles. The average molecular weight is 404 g/mol. The van der Waals surface area contributed by atoms with Crippen LogP contribution in [0.1, 0.15) is 5.69 Å². The minimum Gasteiger partial charge on any atom is -0.439 e. The molecule has 7 nitrogen and oxygen atoms in total. The molecule has 0 unspecified atom stereocenters. The third-order valence-electron chi connectivity index (χ3n) is 5.11. The number of anilines is 1. The molecule has 0 atom stereocenters. The predicted octanol–water partition coefficient (Wildman–Crippen LogP) is 3.38. The molecule has 8 heteroatoms. The van der Waals surface area contributed by atoms with Crippen molar-refractivity contribution in [2.24, 2.45) is 0 Å². The van der Waals surface area contributed by atoms with Gasteiger partial charge in [0.05, 0.1) is 5.69 Å². The van der Waals surface area contributed by atoms with E-state index in [0.29, 0.717) is 17.6 Å². The molecular weight excluding hydrogens is 383 g/mol. The summed E-state index contributed by atoms with van der Waals surface area (Å²) in [4.78, 5) is 18.1. The summed E-state index contributed by atoms with van der Waals surface area (Å²) < 4.78 is 20.8. The van der Waals surface area contributed by atoms with Crippen LogP contribution in [0.3, 0.4) is 0 Å². The number of hydrogen-bond donors (Lipinski definition) is 0. The summed E-state index contributed by atoms with van der Waals surface area (Å²) in [5.41, 5.74) is 2.04. The van der Waals surface area contributed by atoms with Gasteiger partial charge in [-0.15, -0.1) is 0 Å². The monoisotopic (exact) mass is 404 g/mol. The molecule has 1 aliphatic heterocycles. The molecule has 0 bridgehead atoms. The standard InChI is InChI=1S/C22H21FN6O/c23-17-4-6-19(7-5-17)30-21-8-9-24-22(26-21)28-13-11-27(12-14-28)15-18-16-29-10-2-1-3-20(29)25-18/h1-10,16H,11-15H2. The minimum atomic E-state index is -0.299. The average Bonchev–Trinajstić information content (AvgIpc) is 3.18. The SMILES string of the molecule is Fc1ccc(Oc2ccnc(N3CCN(Cc4cn5ccccc5n4)CC3)n2)cc1. The number of pyridine rings is 1. The molecule has 1 saturated heterocycles. The largest absolute Gasteiger partial charge is 0.439 e. The highest BCUT2D eigenvalue weighted by Gasteiger charge is 2.20. The van der Waals surface area contributed by atoms with Gasteiger partial charge in [0.2, 0.25) is 11.8 Å². The van der Waals surface area contributed by atoms with Crippen molar-refractivity contribution in [3.8, 4) is 11.6 Å². The zero-order valence-electron chi connectivity index (χ0n) is 16.4. The highest BCUT2D eigenvalue weighted by Crippen LogP contribution is 2.22. The third-order valence-corrected chi connectivity index (χ3v) is 5.11. The van der Waals surface area contributed by atoms with E-state index in [2.05, 4.69) is 30.9 Å². The van der Waals surface area contributed by atoms with Gasteiger partial charge in [0.15, 0.2) is 0 Å². The number of hydrogen-bond acceptors (Lipinski definition) is 6. The number of piperazine rings is 1. The van der Waals surface area contributed by atoms with Gasteiger partial charge in [0, 0.05) is 57.4 Å². The smallest absolute Gasteiger partial charge is 0.228 e. The molecule has 4 heterocycles. The van der Waals surface area contributed by atoms with Crippen LogP contribution in [0, 0.1) is 5.82 Å². The maximum Gasteiger partial charge on any atom is 0.228 e. The van der Waals surface area contributed by atoms with Crippen LogP contribution in [-0.2, 0) is 6.54 Å². The second-order valence-corrected chi connectivity index (χ2v) is 7.21. The summed E-state index contributed by atoms with van der Waals surface area (Å²) in [6.45, 7) is 4.28. The molecule has 4 aromatic rings. The van der Waals surface area contributed by atoms with Crippen LogP contribution in [0.15, 0.2) is 67.1 Å². The van der Waals surface area contributed by atoms with Crippen molar-refractivity contribution < 1.29 is 9.13 Å². The van der Waals surface area contributed by atoms with E-state index in [1.807, 2.05) is 28.8 Å². The maximum atomic E-state index is 13.1. The number of rotatable bonds is 5. The quantitative estimate of drug-likeness (QED) is 0.508. The first kappa shape index (κ1) is 18.5. The third kappa shape index (κ3) is 4.08. The zero-order chi connectivity index (χ0) is 20.3. The molecule has 0 amide bonds. The van der Waals surface area contributed by atoms with Gasteiger partial charge >= 0.3 is 0 Å². The fourth-order valence-electron chi connectivity index (χ4n) is 3.56. The molecule has 152 valence electrons. The molecule has 5 rings (SSSR count). The van der Waals surface area contributed by atoms with E-state index in [1.165, 1.54) is 12.1 Å². The zero-order valence-corrected chi connectivity index (χ0v) is 16.4. The molecule has 0 radical (unpaired) electrons. The summed E-state index contributed by atoms with van der Waals surface area (Å²) >= 11 is 0. The van der Waals surface area contributed by atoms with E-state index < -0.39 is 0 Å². The fraction of sp³-hybridized carbons (Fsp3) is 0.227. The van der Waals surface area contributed by atoms with Crippen LogP contribution in [0.4, 0.5) is 10.3 Å². The molecule has 0 saturated carbocycles. The van der Waals surface area contributed by atoms with Crippen molar-refractivity contribution in [3.05, 3.63) is 78.6 Å². The molecular formula is C22H21FN6O. The van der Waals surface area contributed by atoms with Crippen molar-refractivity contribution in [1.82, 2.24) is 24.3 Å². The first-order chi connectivity index (χ1) is 14.7. The van der Waals surface area contributed by atoms with Crippen molar-refractivity contribution in [2.75, 3.05) is 31.1 Å². The topological polar surface area (TPSA) is 58.8 Å². The predicted molar refractivity (Wildman–Crippen MR) is 111 cm³/mol. The van der Waals surface area contributed by atoms with Crippen molar-refractivity contribution in [3.63, 3.8) is 0 Å². The lowest BCUT2D eigenvalue weighted by molar-refractivity contribution is 0.246. The minimum absolute atomic E-state index is 0.299. The Morgan fingerprint density at radius 2 is 1.77 bits per heavy atom. The molecule has 0 N–H and O–H groups in total. The lowest BCUT2D eigenvalue weighted by Crippen LogP contribution is -2.46. The lowest BCUT2D eigenvalue weighted by Gasteiger charge is -2.34. The Bertz CT molecular complexity index is 1100. The summed E-state index contributed by atoms with van der Waals surface area (Å²) in [6, 6.07) is 13.6.